The molecule has 0 aliphatic rings. The maximum atomic E-state index is 3.31. The van der Waals surface area contributed by atoms with Gasteiger partial charge in [0.05, 0.1) is 0 Å². The summed E-state index contributed by atoms with van der Waals surface area (Å²) in [5, 5.41) is 4.72. The van der Waals surface area contributed by atoms with Crippen LogP contribution in [-0.2, 0) is 0 Å². The van der Waals surface area contributed by atoms with Gasteiger partial charge in [-0.2, -0.15) is 0 Å². The van der Waals surface area contributed by atoms with E-state index in [4.69, 9.17) is 0 Å². The van der Waals surface area contributed by atoms with Crippen LogP contribution in [0.3, 0.4) is 0 Å². The quantitative estimate of drug-likeness (QED) is 0.388. The fourth-order valence-corrected chi connectivity index (χ4v) is 2.67. The largest absolute Gasteiger partial charge is 0.0616 e. The Bertz CT molecular complexity index is 1020. The molecular weight excluding hydrogens is 264 g/mol. The van der Waals surface area contributed by atoms with E-state index in [1.54, 1.807) is 0 Å². The summed E-state index contributed by atoms with van der Waals surface area (Å²) in [6.45, 7) is 0. The number of rotatable bonds is 0. The number of benzene rings is 4. The molecular formula is C22H13. The van der Waals surface area contributed by atoms with Gasteiger partial charge in [0.1, 0.15) is 0 Å². The minimum atomic E-state index is 1.03. The van der Waals surface area contributed by atoms with Crippen molar-refractivity contribution in [3.05, 3.63) is 96.1 Å². The average Bonchev–Trinajstić information content (AvgIpc) is 2.60. The Kier molecular flexibility index (Phi) is 3.11. The van der Waals surface area contributed by atoms with Crippen LogP contribution in [0.1, 0.15) is 11.1 Å². The van der Waals surface area contributed by atoms with Gasteiger partial charge in [-0.15, -0.1) is 0 Å². The van der Waals surface area contributed by atoms with Gasteiger partial charge in [-0.1, -0.05) is 72.5 Å². The van der Waals surface area contributed by atoms with E-state index in [0.717, 1.165) is 16.5 Å². The van der Waals surface area contributed by atoms with Crippen LogP contribution in [0.4, 0.5) is 0 Å². The molecule has 0 nitrogen and oxygen atoms in total. The smallest absolute Gasteiger partial charge is 0.0327 e. The highest BCUT2D eigenvalue weighted by molar-refractivity contribution is 5.88. The molecule has 0 heteroatoms. The van der Waals surface area contributed by atoms with E-state index in [-0.39, 0.29) is 0 Å². The third kappa shape index (κ3) is 2.34. The monoisotopic (exact) mass is 277 g/mol. The standard InChI is InChI=1S/C22H13/c1-2-8-21-16-17(12-14-18(21)6-1)13-15-20-10-5-9-19-7-3-4-11-22(19)20/h1-5,7-12,14,16H. The van der Waals surface area contributed by atoms with Crippen molar-refractivity contribution >= 4 is 21.5 Å². The van der Waals surface area contributed by atoms with E-state index in [1.165, 1.54) is 16.2 Å². The van der Waals surface area contributed by atoms with E-state index in [2.05, 4.69) is 84.6 Å². The van der Waals surface area contributed by atoms with E-state index in [1.807, 2.05) is 12.1 Å². The molecule has 0 bridgehead atoms. The van der Waals surface area contributed by atoms with Gasteiger partial charge < -0.3 is 0 Å². The molecule has 101 valence electrons. The van der Waals surface area contributed by atoms with Crippen molar-refractivity contribution in [1.29, 1.82) is 0 Å². The van der Waals surface area contributed by atoms with Crippen LogP contribution in [0.25, 0.3) is 21.5 Å². The molecule has 0 fully saturated rings. The first-order valence-electron chi connectivity index (χ1n) is 7.30. The Morgan fingerprint density at radius 1 is 0.682 bits per heavy atom. The maximum Gasteiger partial charge on any atom is 0.0327 e. The minimum absolute atomic E-state index is 1.03. The molecule has 0 N–H and O–H groups in total. The van der Waals surface area contributed by atoms with Gasteiger partial charge in [0, 0.05) is 11.1 Å². The Labute approximate surface area is 130 Å². The first kappa shape index (κ1) is 12.7. The fourth-order valence-electron chi connectivity index (χ4n) is 2.67. The molecule has 0 unspecified atom stereocenters. The summed E-state index contributed by atoms with van der Waals surface area (Å²) in [6.07, 6.45) is 0. The van der Waals surface area contributed by atoms with Crippen molar-refractivity contribution < 1.29 is 0 Å². The lowest BCUT2D eigenvalue weighted by Gasteiger charge is -2.00. The molecule has 0 aliphatic heterocycles. The Balaban J connectivity index is 1.80. The molecule has 4 rings (SSSR count). The second-order valence-electron chi connectivity index (χ2n) is 5.25. The van der Waals surface area contributed by atoms with E-state index >= 15 is 0 Å². The minimum Gasteiger partial charge on any atom is -0.0616 e. The molecule has 1 radical (unpaired) electrons. The molecule has 0 spiro atoms. The third-order valence-electron chi connectivity index (χ3n) is 3.79. The first-order valence-corrected chi connectivity index (χ1v) is 7.30. The van der Waals surface area contributed by atoms with Gasteiger partial charge in [-0.25, -0.2) is 0 Å². The summed E-state index contributed by atoms with van der Waals surface area (Å²) in [5.74, 6) is 6.59. The lowest BCUT2D eigenvalue weighted by Crippen LogP contribution is -1.80. The topological polar surface area (TPSA) is 0 Å². The SMILES string of the molecule is C(#Cc1cccc2ccccc12)c1ccc2[c]cccc2c1. The van der Waals surface area contributed by atoms with Crippen LogP contribution in [-0.4, -0.2) is 0 Å². The molecule has 0 aromatic heterocycles. The number of hydrogen-bond acceptors (Lipinski definition) is 0. The molecule has 0 aliphatic carbocycles. The van der Waals surface area contributed by atoms with Crippen LogP contribution in [0, 0.1) is 17.9 Å². The van der Waals surface area contributed by atoms with Crippen molar-refractivity contribution in [3.8, 4) is 11.8 Å². The van der Waals surface area contributed by atoms with Crippen LogP contribution in [0.2, 0.25) is 0 Å². The summed E-state index contributed by atoms with van der Waals surface area (Å²) in [7, 11) is 0. The number of hydrogen-bond donors (Lipinski definition) is 0. The molecule has 22 heavy (non-hydrogen) atoms. The van der Waals surface area contributed by atoms with Gasteiger partial charge >= 0.3 is 0 Å². The highest BCUT2D eigenvalue weighted by atomic mass is 14.0. The van der Waals surface area contributed by atoms with Gasteiger partial charge in [-0.3, -0.25) is 0 Å². The van der Waals surface area contributed by atoms with Crippen LogP contribution < -0.4 is 0 Å². The summed E-state index contributed by atoms with van der Waals surface area (Å²) in [6, 6.07) is 30.1. The molecule has 4 aromatic carbocycles. The molecule has 0 saturated carbocycles. The molecule has 0 saturated heterocycles. The summed E-state index contributed by atoms with van der Waals surface area (Å²) in [4.78, 5) is 0. The van der Waals surface area contributed by atoms with Gasteiger partial charge in [0.15, 0.2) is 0 Å². The lowest BCUT2D eigenvalue weighted by atomic mass is 10.0. The third-order valence-corrected chi connectivity index (χ3v) is 3.79. The highest BCUT2D eigenvalue weighted by Gasteiger charge is 1.97. The zero-order chi connectivity index (χ0) is 14.8. The molecule has 4 aromatic rings. The first-order chi connectivity index (χ1) is 10.9. The predicted octanol–water partition coefficient (Wildman–Crippen LogP) is 5.19. The van der Waals surface area contributed by atoms with Crippen LogP contribution >= 0.6 is 0 Å². The Morgan fingerprint density at radius 3 is 2.55 bits per heavy atom. The second kappa shape index (κ2) is 5.39. The van der Waals surface area contributed by atoms with Gasteiger partial charge in [0.2, 0.25) is 0 Å². The van der Waals surface area contributed by atoms with Gasteiger partial charge in [-0.05, 0) is 45.8 Å². The normalized spacial score (nSPS) is 10.4. The maximum absolute atomic E-state index is 3.31. The Hall–Kier alpha value is -3.04. The second-order valence-corrected chi connectivity index (χ2v) is 5.25. The van der Waals surface area contributed by atoms with Crippen molar-refractivity contribution in [2.45, 2.75) is 0 Å². The lowest BCUT2D eigenvalue weighted by molar-refractivity contribution is 1.67. The predicted molar refractivity (Wildman–Crippen MR) is 92.7 cm³/mol. The van der Waals surface area contributed by atoms with Gasteiger partial charge in [0.25, 0.3) is 0 Å². The zero-order valence-corrected chi connectivity index (χ0v) is 12.0. The summed E-state index contributed by atoms with van der Waals surface area (Å²) >= 11 is 0. The van der Waals surface area contributed by atoms with Crippen molar-refractivity contribution in [3.63, 3.8) is 0 Å². The number of fused-ring (bicyclic) bond motifs is 2. The zero-order valence-electron chi connectivity index (χ0n) is 12.0. The van der Waals surface area contributed by atoms with Crippen LogP contribution in [0.15, 0.2) is 78.9 Å². The van der Waals surface area contributed by atoms with Crippen molar-refractivity contribution in [2.75, 3.05) is 0 Å². The summed E-state index contributed by atoms with van der Waals surface area (Å²) in [5.41, 5.74) is 2.10. The van der Waals surface area contributed by atoms with Crippen molar-refractivity contribution in [2.24, 2.45) is 0 Å². The Morgan fingerprint density at radius 2 is 1.55 bits per heavy atom. The summed E-state index contributed by atoms with van der Waals surface area (Å²) < 4.78 is 0. The molecule has 0 heterocycles. The average molecular weight is 277 g/mol. The van der Waals surface area contributed by atoms with E-state index in [9.17, 15) is 0 Å². The highest BCUT2D eigenvalue weighted by Crippen LogP contribution is 2.18. The van der Waals surface area contributed by atoms with E-state index in [0.29, 0.717) is 0 Å². The molecule has 0 atom stereocenters. The molecule has 0 amide bonds. The van der Waals surface area contributed by atoms with E-state index < -0.39 is 0 Å². The van der Waals surface area contributed by atoms with Crippen LogP contribution in [0.5, 0.6) is 0 Å². The fraction of sp³-hybridized carbons (Fsp3) is 0. The van der Waals surface area contributed by atoms with Crippen molar-refractivity contribution in [1.82, 2.24) is 0 Å².